The van der Waals surface area contributed by atoms with Crippen LogP contribution in [0.15, 0.2) is 28.9 Å². The number of benzene rings is 1. The second-order valence-electron chi connectivity index (χ2n) is 9.74. The second-order valence-corrected chi connectivity index (χ2v) is 9.74. The minimum Gasteiger partial charge on any atom is -0.444 e. The van der Waals surface area contributed by atoms with Gasteiger partial charge in [0.25, 0.3) is 5.91 Å². The Balaban J connectivity index is 1.45. The van der Waals surface area contributed by atoms with Crippen molar-refractivity contribution < 1.29 is 18.7 Å². The van der Waals surface area contributed by atoms with Gasteiger partial charge >= 0.3 is 12.1 Å². The quantitative estimate of drug-likeness (QED) is 0.421. The molecule has 2 amide bonds. The number of fused-ring (bicyclic) bond motifs is 2. The van der Waals surface area contributed by atoms with Crippen LogP contribution in [0.4, 0.5) is 16.6 Å². The first-order chi connectivity index (χ1) is 17.6. The first kappa shape index (κ1) is 24.0. The molecule has 0 bridgehead atoms. The summed E-state index contributed by atoms with van der Waals surface area (Å²) in [5, 5.41) is 16.5. The van der Waals surface area contributed by atoms with E-state index in [0.29, 0.717) is 41.8 Å². The number of hydrogen-bond donors (Lipinski definition) is 2. The monoisotopic (exact) mass is 503 g/mol. The van der Waals surface area contributed by atoms with E-state index in [9.17, 15) is 9.59 Å². The van der Waals surface area contributed by atoms with Crippen LogP contribution in [0.25, 0.3) is 22.1 Å². The first-order valence-electron chi connectivity index (χ1n) is 11.7. The molecule has 1 fully saturated rings. The van der Waals surface area contributed by atoms with Crippen LogP contribution < -0.4 is 11.1 Å². The highest BCUT2D eigenvalue weighted by molar-refractivity contribution is 6.12. The number of anilines is 2. The molecule has 3 N–H and O–H groups in total. The van der Waals surface area contributed by atoms with Crippen molar-refractivity contribution in [3.63, 3.8) is 0 Å². The van der Waals surface area contributed by atoms with Gasteiger partial charge in [0.05, 0.1) is 23.1 Å². The van der Waals surface area contributed by atoms with Crippen molar-refractivity contribution in [3.8, 4) is 6.07 Å². The maximum Gasteiger partial charge on any atom is 0.410 e. The number of nitrogens with zero attached hydrogens (tertiary/aromatic N) is 7. The summed E-state index contributed by atoms with van der Waals surface area (Å²) < 4.78 is 12.7. The van der Waals surface area contributed by atoms with E-state index in [1.807, 2.05) is 26.8 Å². The highest BCUT2D eigenvalue weighted by Crippen LogP contribution is 2.30. The lowest BCUT2D eigenvalue weighted by Gasteiger charge is -2.34. The maximum atomic E-state index is 13.3. The molecule has 3 aromatic heterocycles. The van der Waals surface area contributed by atoms with Gasteiger partial charge in [-0.25, -0.2) is 19.4 Å². The SMILES string of the molecule is CC(C)(C)OC(=O)N1CCC[C@@H](n2nc(C(=O)Nc3nc4cc(C#N)ccc4o3)c3c(N)ncnc32)C1. The van der Waals surface area contributed by atoms with E-state index in [0.717, 1.165) is 6.42 Å². The van der Waals surface area contributed by atoms with Crippen LogP contribution in [0.5, 0.6) is 0 Å². The van der Waals surface area contributed by atoms with E-state index in [4.69, 9.17) is 20.1 Å². The molecule has 0 radical (unpaired) electrons. The number of amides is 2. The van der Waals surface area contributed by atoms with E-state index in [1.54, 1.807) is 27.8 Å². The number of piperidine rings is 1. The Morgan fingerprint density at radius 1 is 1.30 bits per heavy atom. The normalized spacial score (nSPS) is 16.1. The zero-order chi connectivity index (χ0) is 26.3. The van der Waals surface area contributed by atoms with Crippen LogP contribution in [0.3, 0.4) is 0 Å². The molecule has 0 unspecified atom stereocenters. The summed E-state index contributed by atoms with van der Waals surface area (Å²) in [6, 6.07) is 6.48. The maximum absolute atomic E-state index is 13.3. The summed E-state index contributed by atoms with van der Waals surface area (Å²) >= 11 is 0. The van der Waals surface area contributed by atoms with Crippen LogP contribution in [0.1, 0.15) is 55.7 Å². The topological polar surface area (TPSA) is 178 Å². The Bertz CT molecular complexity index is 1560. The molecular weight excluding hydrogens is 478 g/mol. The third kappa shape index (κ3) is 4.73. The average molecular weight is 504 g/mol. The summed E-state index contributed by atoms with van der Waals surface area (Å²) in [5.41, 5.74) is 7.16. The fraction of sp³-hybridized carbons (Fsp3) is 0.375. The van der Waals surface area contributed by atoms with Crippen molar-refractivity contribution in [2.24, 2.45) is 0 Å². The predicted molar refractivity (Wildman–Crippen MR) is 132 cm³/mol. The highest BCUT2D eigenvalue weighted by Gasteiger charge is 2.32. The van der Waals surface area contributed by atoms with Gasteiger partial charge in [-0.2, -0.15) is 15.3 Å². The summed E-state index contributed by atoms with van der Waals surface area (Å²) in [6.45, 7) is 6.34. The van der Waals surface area contributed by atoms with Crippen LogP contribution in [0, 0.1) is 11.3 Å². The van der Waals surface area contributed by atoms with Gasteiger partial charge in [-0.1, -0.05) is 0 Å². The van der Waals surface area contributed by atoms with Crippen LogP contribution in [0.2, 0.25) is 0 Å². The standard InChI is InChI=1S/C24H25N9O4/c1-24(2,3)37-23(35)32-8-4-5-14(11-32)33-20-17(19(26)27-12-28-20)18(31-33)21(34)30-22-29-15-9-13(10-25)6-7-16(15)36-22/h6-7,9,12,14H,4-5,8,11H2,1-3H3,(H2,26,27,28)(H,29,30,34)/t14-/m1/s1. The van der Waals surface area contributed by atoms with Crippen molar-refractivity contribution in [3.05, 3.63) is 35.8 Å². The molecule has 1 atom stereocenters. The van der Waals surface area contributed by atoms with Crippen molar-refractivity contribution in [2.75, 3.05) is 24.1 Å². The van der Waals surface area contributed by atoms with E-state index in [-0.39, 0.29) is 29.0 Å². The molecule has 190 valence electrons. The number of oxazole rings is 1. The Labute approximate surface area is 211 Å². The number of ether oxygens (including phenoxy) is 1. The number of carbonyl (C=O) groups is 2. The Morgan fingerprint density at radius 2 is 2.11 bits per heavy atom. The van der Waals surface area contributed by atoms with E-state index in [2.05, 4.69) is 25.4 Å². The molecular formula is C24H25N9O4. The molecule has 1 aromatic carbocycles. The Kier molecular flexibility index (Phi) is 5.87. The molecule has 0 spiro atoms. The van der Waals surface area contributed by atoms with Crippen molar-refractivity contribution >= 4 is 46.0 Å². The van der Waals surface area contributed by atoms with Gasteiger partial charge in [-0.3, -0.25) is 10.1 Å². The van der Waals surface area contributed by atoms with E-state index >= 15 is 0 Å². The third-order valence-corrected chi connectivity index (χ3v) is 5.86. The summed E-state index contributed by atoms with van der Waals surface area (Å²) in [4.78, 5) is 40.2. The predicted octanol–water partition coefficient (Wildman–Crippen LogP) is 3.25. The molecule has 37 heavy (non-hydrogen) atoms. The molecule has 0 aliphatic carbocycles. The van der Waals surface area contributed by atoms with Crippen LogP contribution in [-0.4, -0.2) is 60.3 Å². The molecule has 5 rings (SSSR count). The molecule has 13 heteroatoms. The van der Waals surface area contributed by atoms with Gasteiger partial charge in [0.2, 0.25) is 0 Å². The van der Waals surface area contributed by atoms with Crippen LogP contribution >= 0.6 is 0 Å². The molecule has 4 aromatic rings. The third-order valence-electron chi connectivity index (χ3n) is 5.86. The number of nitrogens with one attached hydrogen (secondary N) is 1. The second kappa shape index (κ2) is 9.05. The number of likely N-dealkylation sites (tertiary alicyclic amines) is 1. The smallest absolute Gasteiger partial charge is 0.410 e. The van der Waals surface area contributed by atoms with Gasteiger partial charge in [0.1, 0.15) is 23.3 Å². The van der Waals surface area contributed by atoms with Crippen molar-refractivity contribution in [1.29, 1.82) is 5.26 Å². The van der Waals surface area contributed by atoms with Crippen molar-refractivity contribution in [1.82, 2.24) is 29.6 Å². The fourth-order valence-electron chi connectivity index (χ4n) is 4.26. The molecule has 1 aliphatic rings. The fourth-order valence-corrected chi connectivity index (χ4v) is 4.26. The Hall–Kier alpha value is -4.73. The minimum absolute atomic E-state index is 0.00228. The summed E-state index contributed by atoms with van der Waals surface area (Å²) in [5.74, 6) is -0.519. The number of carbonyl (C=O) groups excluding carboxylic acids is 2. The number of nitriles is 1. The van der Waals surface area contributed by atoms with Gasteiger partial charge < -0.3 is 19.8 Å². The largest absolute Gasteiger partial charge is 0.444 e. The number of hydrogen-bond acceptors (Lipinski definition) is 10. The summed E-state index contributed by atoms with van der Waals surface area (Å²) in [6.07, 6.45) is 2.34. The molecule has 13 nitrogen and oxygen atoms in total. The first-order valence-corrected chi connectivity index (χ1v) is 11.7. The number of nitrogens with two attached hydrogens (primary N) is 1. The van der Waals surface area contributed by atoms with E-state index < -0.39 is 17.6 Å². The number of aromatic nitrogens is 5. The van der Waals surface area contributed by atoms with Crippen molar-refractivity contribution in [2.45, 2.75) is 45.3 Å². The molecule has 1 aliphatic heterocycles. The van der Waals surface area contributed by atoms with Gasteiger partial charge in [0, 0.05) is 13.1 Å². The highest BCUT2D eigenvalue weighted by atomic mass is 16.6. The molecule has 1 saturated heterocycles. The van der Waals surface area contributed by atoms with E-state index in [1.165, 1.54) is 6.33 Å². The summed E-state index contributed by atoms with van der Waals surface area (Å²) in [7, 11) is 0. The zero-order valence-corrected chi connectivity index (χ0v) is 20.6. The lowest BCUT2D eigenvalue weighted by atomic mass is 10.1. The average Bonchev–Trinajstić information content (AvgIpc) is 3.44. The molecule has 4 heterocycles. The Morgan fingerprint density at radius 3 is 2.86 bits per heavy atom. The number of rotatable bonds is 3. The van der Waals surface area contributed by atoms with Gasteiger partial charge in [-0.05, 0) is 51.8 Å². The van der Waals surface area contributed by atoms with Gasteiger partial charge in [0.15, 0.2) is 16.9 Å². The lowest BCUT2D eigenvalue weighted by Crippen LogP contribution is -2.43. The van der Waals surface area contributed by atoms with Crippen LogP contribution in [-0.2, 0) is 4.74 Å². The lowest BCUT2D eigenvalue weighted by molar-refractivity contribution is 0.0168. The number of nitrogen functional groups attached to an aromatic ring is 1. The minimum atomic E-state index is -0.615. The zero-order valence-electron chi connectivity index (χ0n) is 20.6. The van der Waals surface area contributed by atoms with Gasteiger partial charge in [-0.15, -0.1) is 0 Å². The molecule has 0 saturated carbocycles.